The van der Waals surface area contributed by atoms with Crippen molar-refractivity contribution in [3.05, 3.63) is 45.7 Å². The Balaban J connectivity index is 1.70. The number of halogens is 1. The molecule has 1 heterocycles. The van der Waals surface area contributed by atoms with Crippen LogP contribution in [0.15, 0.2) is 28.7 Å². The summed E-state index contributed by atoms with van der Waals surface area (Å²) in [5.41, 5.74) is 2.38. The van der Waals surface area contributed by atoms with Crippen LogP contribution in [0.3, 0.4) is 0 Å². The molecule has 0 fully saturated rings. The number of carbonyl (C=O) groups excluding carboxylic acids is 1. The molecule has 5 nitrogen and oxygen atoms in total. The molecule has 0 aliphatic carbocycles. The van der Waals surface area contributed by atoms with Crippen LogP contribution < -0.4 is 10.1 Å². The van der Waals surface area contributed by atoms with Crippen LogP contribution in [0.4, 0.5) is 0 Å². The number of hydrogen-bond acceptors (Lipinski definition) is 3. The maximum Gasteiger partial charge on any atom is 0.272 e. The molecule has 1 amide bonds. The van der Waals surface area contributed by atoms with Crippen LogP contribution in [0.1, 0.15) is 28.2 Å². The number of amides is 1. The number of nitrogens with one attached hydrogen (secondary N) is 2. The molecule has 112 valence electrons. The average Bonchev–Trinajstić information content (AvgIpc) is 2.78. The van der Waals surface area contributed by atoms with Crippen molar-refractivity contribution >= 4 is 21.8 Å². The molecule has 21 heavy (non-hydrogen) atoms. The zero-order chi connectivity index (χ0) is 15.2. The fraction of sp³-hybridized carbons (Fsp3) is 0.333. The third-order valence-corrected chi connectivity index (χ3v) is 3.92. The first-order valence-electron chi connectivity index (χ1n) is 6.76. The number of aromatic nitrogens is 2. The van der Waals surface area contributed by atoms with E-state index < -0.39 is 0 Å². The number of aryl methyl sites for hydroxylation is 2. The van der Waals surface area contributed by atoms with Crippen molar-refractivity contribution < 1.29 is 9.53 Å². The van der Waals surface area contributed by atoms with E-state index in [1.54, 1.807) is 0 Å². The van der Waals surface area contributed by atoms with E-state index >= 15 is 0 Å². The van der Waals surface area contributed by atoms with Crippen molar-refractivity contribution in [3.63, 3.8) is 0 Å². The number of aromatic amines is 1. The first-order chi connectivity index (χ1) is 10.1. The molecule has 0 unspecified atom stereocenters. The zero-order valence-corrected chi connectivity index (χ0v) is 13.7. The van der Waals surface area contributed by atoms with Crippen LogP contribution in [-0.4, -0.2) is 29.3 Å². The van der Waals surface area contributed by atoms with Crippen molar-refractivity contribution in [3.8, 4) is 5.75 Å². The standard InChI is InChI=1S/C15H18BrN3O2/c1-10-5-3-6-12(9-10)21-8-4-7-17-15(20)14-13(16)11(2)18-19-14/h3,5-6,9H,4,7-8H2,1-2H3,(H,17,20)(H,18,19). The molecular weight excluding hydrogens is 334 g/mol. The second-order valence-corrected chi connectivity index (χ2v) is 5.58. The van der Waals surface area contributed by atoms with E-state index in [2.05, 4.69) is 31.4 Å². The summed E-state index contributed by atoms with van der Waals surface area (Å²) in [6, 6.07) is 7.90. The maximum absolute atomic E-state index is 11.9. The number of carbonyl (C=O) groups is 1. The lowest BCUT2D eigenvalue weighted by Crippen LogP contribution is -2.26. The van der Waals surface area contributed by atoms with E-state index in [9.17, 15) is 4.79 Å². The molecule has 0 saturated carbocycles. The van der Waals surface area contributed by atoms with Crippen LogP contribution in [0, 0.1) is 13.8 Å². The highest BCUT2D eigenvalue weighted by atomic mass is 79.9. The average molecular weight is 352 g/mol. The molecule has 0 atom stereocenters. The molecule has 0 aliphatic heterocycles. The van der Waals surface area contributed by atoms with Gasteiger partial charge in [-0.3, -0.25) is 9.89 Å². The summed E-state index contributed by atoms with van der Waals surface area (Å²) >= 11 is 3.33. The SMILES string of the molecule is Cc1cccc(OCCCNC(=O)c2n[nH]c(C)c2Br)c1. The van der Waals surface area contributed by atoms with Crippen LogP contribution in [0.5, 0.6) is 5.75 Å². The normalized spacial score (nSPS) is 10.4. The van der Waals surface area contributed by atoms with Crippen molar-refractivity contribution in [2.75, 3.05) is 13.2 Å². The third kappa shape index (κ3) is 4.32. The third-order valence-electron chi connectivity index (χ3n) is 2.95. The van der Waals surface area contributed by atoms with Crippen LogP contribution in [0.2, 0.25) is 0 Å². The molecule has 1 aromatic carbocycles. The molecule has 2 N–H and O–H groups in total. The smallest absolute Gasteiger partial charge is 0.272 e. The molecule has 1 aromatic heterocycles. The predicted octanol–water partition coefficient (Wildman–Crippen LogP) is 2.99. The molecule has 0 aliphatic rings. The quantitative estimate of drug-likeness (QED) is 0.786. The summed E-state index contributed by atoms with van der Waals surface area (Å²) in [5, 5.41) is 9.54. The Morgan fingerprint density at radius 3 is 2.90 bits per heavy atom. The zero-order valence-electron chi connectivity index (χ0n) is 12.1. The molecule has 2 rings (SSSR count). The summed E-state index contributed by atoms with van der Waals surface area (Å²) < 4.78 is 6.32. The first kappa shape index (κ1) is 15.6. The van der Waals surface area contributed by atoms with Gasteiger partial charge in [0.1, 0.15) is 5.75 Å². The number of H-pyrrole nitrogens is 1. The van der Waals surface area contributed by atoms with E-state index in [1.807, 2.05) is 38.1 Å². The van der Waals surface area contributed by atoms with Crippen LogP contribution in [-0.2, 0) is 0 Å². The van der Waals surface area contributed by atoms with Crippen LogP contribution in [0.25, 0.3) is 0 Å². The number of rotatable bonds is 6. The fourth-order valence-corrected chi connectivity index (χ4v) is 2.18. The van der Waals surface area contributed by atoms with Crippen LogP contribution >= 0.6 is 15.9 Å². The van der Waals surface area contributed by atoms with E-state index in [0.717, 1.165) is 17.9 Å². The maximum atomic E-state index is 11.9. The molecule has 0 spiro atoms. The largest absolute Gasteiger partial charge is 0.494 e. The molecule has 0 radical (unpaired) electrons. The molecular formula is C15H18BrN3O2. The lowest BCUT2D eigenvalue weighted by molar-refractivity contribution is 0.0946. The Morgan fingerprint density at radius 2 is 2.24 bits per heavy atom. The summed E-state index contributed by atoms with van der Waals surface area (Å²) in [6.45, 7) is 4.98. The summed E-state index contributed by atoms with van der Waals surface area (Å²) in [5.74, 6) is 0.661. The van der Waals surface area contributed by atoms with E-state index in [1.165, 1.54) is 5.56 Å². The number of nitrogens with zero attached hydrogens (tertiary/aromatic N) is 1. The van der Waals surface area contributed by atoms with Gasteiger partial charge in [0.25, 0.3) is 5.91 Å². The first-order valence-corrected chi connectivity index (χ1v) is 7.55. The van der Waals surface area contributed by atoms with Crippen molar-refractivity contribution in [2.24, 2.45) is 0 Å². The van der Waals surface area contributed by atoms with E-state index in [-0.39, 0.29) is 5.91 Å². The summed E-state index contributed by atoms with van der Waals surface area (Å²) in [7, 11) is 0. The summed E-state index contributed by atoms with van der Waals surface area (Å²) in [6.07, 6.45) is 0.737. The monoisotopic (exact) mass is 351 g/mol. The Bertz CT molecular complexity index is 625. The highest BCUT2D eigenvalue weighted by Crippen LogP contribution is 2.17. The van der Waals surface area contributed by atoms with Gasteiger partial charge >= 0.3 is 0 Å². The summed E-state index contributed by atoms with van der Waals surface area (Å²) in [4.78, 5) is 11.9. The minimum Gasteiger partial charge on any atom is -0.494 e. The van der Waals surface area contributed by atoms with Gasteiger partial charge in [-0.05, 0) is 53.9 Å². The number of hydrogen-bond donors (Lipinski definition) is 2. The highest BCUT2D eigenvalue weighted by molar-refractivity contribution is 9.10. The van der Waals surface area contributed by atoms with Gasteiger partial charge in [0.05, 0.1) is 11.1 Å². The minimum atomic E-state index is -0.193. The van der Waals surface area contributed by atoms with Gasteiger partial charge in [0.15, 0.2) is 5.69 Å². The number of ether oxygens (including phenoxy) is 1. The van der Waals surface area contributed by atoms with Gasteiger partial charge in [-0.25, -0.2) is 0 Å². The topological polar surface area (TPSA) is 67.0 Å². The fourth-order valence-electron chi connectivity index (χ4n) is 1.82. The van der Waals surface area contributed by atoms with Gasteiger partial charge in [-0.2, -0.15) is 5.10 Å². The molecule has 6 heteroatoms. The predicted molar refractivity (Wildman–Crippen MR) is 84.6 cm³/mol. The van der Waals surface area contributed by atoms with Gasteiger partial charge in [0, 0.05) is 12.2 Å². The van der Waals surface area contributed by atoms with Crippen molar-refractivity contribution in [1.29, 1.82) is 0 Å². The van der Waals surface area contributed by atoms with Gasteiger partial charge in [-0.1, -0.05) is 12.1 Å². The van der Waals surface area contributed by atoms with Gasteiger partial charge in [0.2, 0.25) is 0 Å². The second kappa shape index (κ2) is 7.26. The van der Waals surface area contributed by atoms with Crippen molar-refractivity contribution in [1.82, 2.24) is 15.5 Å². The lowest BCUT2D eigenvalue weighted by Gasteiger charge is -2.07. The van der Waals surface area contributed by atoms with Crippen molar-refractivity contribution in [2.45, 2.75) is 20.3 Å². The Morgan fingerprint density at radius 1 is 1.43 bits per heavy atom. The Labute approximate surface area is 132 Å². The number of benzene rings is 1. The Hall–Kier alpha value is -1.82. The Kier molecular flexibility index (Phi) is 5.38. The highest BCUT2D eigenvalue weighted by Gasteiger charge is 2.14. The minimum absolute atomic E-state index is 0.193. The van der Waals surface area contributed by atoms with Gasteiger partial charge in [-0.15, -0.1) is 0 Å². The molecule has 0 bridgehead atoms. The van der Waals surface area contributed by atoms with E-state index in [0.29, 0.717) is 23.3 Å². The molecule has 0 saturated heterocycles. The molecule has 2 aromatic rings. The lowest BCUT2D eigenvalue weighted by atomic mass is 10.2. The van der Waals surface area contributed by atoms with E-state index in [4.69, 9.17) is 4.74 Å². The van der Waals surface area contributed by atoms with Gasteiger partial charge < -0.3 is 10.1 Å². The second-order valence-electron chi connectivity index (χ2n) is 4.79.